The third-order valence-electron chi connectivity index (χ3n) is 1.77. The second-order valence-corrected chi connectivity index (χ2v) is 2.51. The Kier molecular flexibility index (Phi) is 1.12. The van der Waals surface area contributed by atoms with E-state index >= 15 is 0 Å². The number of carbonyl (C=O) groups excluding carboxylic acids is 1. The number of nitrogens with zero attached hydrogens (tertiary/aromatic N) is 1. The zero-order chi connectivity index (χ0) is 7.84. The van der Waals surface area contributed by atoms with Crippen LogP contribution in [0.15, 0.2) is 36.7 Å². The van der Waals surface area contributed by atoms with Crippen molar-refractivity contribution in [2.45, 2.75) is 6.17 Å². The Morgan fingerprint density at radius 1 is 1.55 bits per heavy atom. The first-order valence-electron chi connectivity index (χ1n) is 3.42. The van der Waals surface area contributed by atoms with Crippen LogP contribution in [-0.4, -0.2) is 17.0 Å². The van der Waals surface area contributed by atoms with Gasteiger partial charge in [0, 0.05) is 6.20 Å². The van der Waals surface area contributed by atoms with Crippen LogP contribution >= 0.6 is 0 Å². The molecule has 3 heteroatoms. The minimum Gasteiger partial charge on any atom is -0.358 e. The van der Waals surface area contributed by atoms with E-state index in [2.05, 4.69) is 11.9 Å². The molecule has 1 atom stereocenters. The van der Waals surface area contributed by atoms with Crippen LogP contribution in [-0.2, 0) is 4.79 Å². The molecule has 0 aromatic heterocycles. The molecule has 2 aliphatic heterocycles. The molecule has 2 aliphatic rings. The number of amides is 1. The van der Waals surface area contributed by atoms with Crippen molar-refractivity contribution in [3.63, 3.8) is 0 Å². The van der Waals surface area contributed by atoms with Crippen LogP contribution in [0.25, 0.3) is 0 Å². The highest BCUT2D eigenvalue weighted by Gasteiger charge is 2.30. The topological polar surface area (TPSA) is 32.3 Å². The van der Waals surface area contributed by atoms with Gasteiger partial charge in [-0.2, -0.15) is 0 Å². The SMILES string of the molecule is C=C1NC2C=CC=CN2C1=O. The molecule has 0 saturated carbocycles. The molecule has 0 aromatic rings. The van der Waals surface area contributed by atoms with E-state index in [1.807, 2.05) is 18.2 Å². The summed E-state index contributed by atoms with van der Waals surface area (Å²) in [6.07, 6.45) is 7.38. The maximum absolute atomic E-state index is 11.2. The summed E-state index contributed by atoms with van der Waals surface area (Å²) in [4.78, 5) is 12.8. The van der Waals surface area contributed by atoms with Gasteiger partial charge in [-0.25, -0.2) is 0 Å². The lowest BCUT2D eigenvalue weighted by Gasteiger charge is -2.18. The van der Waals surface area contributed by atoms with E-state index in [4.69, 9.17) is 0 Å². The minimum atomic E-state index is -0.0457. The summed E-state index contributed by atoms with van der Waals surface area (Å²) in [6.45, 7) is 3.59. The van der Waals surface area contributed by atoms with Crippen LogP contribution in [0.5, 0.6) is 0 Å². The van der Waals surface area contributed by atoms with Gasteiger partial charge in [-0.3, -0.25) is 9.69 Å². The van der Waals surface area contributed by atoms with Crippen molar-refractivity contribution >= 4 is 5.91 Å². The normalized spacial score (nSPS) is 27.3. The average Bonchev–Trinajstić information content (AvgIpc) is 2.30. The summed E-state index contributed by atoms with van der Waals surface area (Å²) in [5, 5.41) is 2.95. The maximum atomic E-state index is 11.2. The molecule has 0 spiro atoms. The molecule has 1 unspecified atom stereocenters. The van der Waals surface area contributed by atoms with Crippen LogP contribution in [0, 0.1) is 0 Å². The van der Waals surface area contributed by atoms with Crippen LogP contribution in [0.1, 0.15) is 0 Å². The van der Waals surface area contributed by atoms with Crippen molar-refractivity contribution in [3.05, 3.63) is 36.7 Å². The lowest BCUT2D eigenvalue weighted by molar-refractivity contribution is -0.123. The van der Waals surface area contributed by atoms with E-state index in [1.54, 1.807) is 11.1 Å². The predicted octanol–water partition coefficient (Wildman–Crippen LogP) is 0.341. The third-order valence-corrected chi connectivity index (χ3v) is 1.77. The number of nitrogens with one attached hydrogen (secondary N) is 1. The molecule has 0 aromatic carbocycles. The number of carbonyl (C=O) groups is 1. The van der Waals surface area contributed by atoms with Gasteiger partial charge in [0.25, 0.3) is 5.91 Å². The largest absolute Gasteiger partial charge is 0.358 e. The summed E-state index contributed by atoms with van der Waals surface area (Å²) in [5.41, 5.74) is 0.464. The molecule has 0 aliphatic carbocycles. The molecule has 1 amide bonds. The Labute approximate surface area is 64.7 Å². The summed E-state index contributed by atoms with van der Waals surface area (Å²) in [7, 11) is 0. The Morgan fingerprint density at radius 2 is 2.36 bits per heavy atom. The van der Waals surface area contributed by atoms with E-state index in [1.165, 1.54) is 0 Å². The van der Waals surface area contributed by atoms with Gasteiger partial charge in [-0.15, -0.1) is 0 Å². The standard InChI is InChI=1S/C8H8N2O/c1-6-8(11)10-5-3-2-4-7(10)9-6/h2-5,7,9H,1H2. The predicted molar refractivity (Wildman–Crippen MR) is 41.2 cm³/mol. The number of hydrogen-bond acceptors (Lipinski definition) is 2. The summed E-state index contributed by atoms with van der Waals surface area (Å²) < 4.78 is 0. The first-order chi connectivity index (χ1) is 5.29. The Balaban J connectivity index is 2.34. The monoisotopic (exact) mass is 148 g/mol. The quantitative estimate of drug-likeness (QED) is 0.502. The molecule has 1 saturated heterocycles. The van der Waals surface area contributed by atoms with E-state index in [-0.39, 0.29) is 12.1 Å². The van der Waals surface area contributed by atoms with Crippen molar-refractivity contribution in [2.24, 2.45) is 0 Å². The fourth-order valence-corrected chi connectivity index (χ4v) is 1.21. The molecule has 56 valence electrons. The average molecular weight is 148 g/mol. The number of fused-ring (bicyclic) bond motifs is 1. The second-order valence-electron chi connectivity index (χ2n) is 2.51. The van der Waals surface area contributed by atoms with Crippen LogP contribution in [0.3, 0.4) is 0 Å². The lowest BCUT2D eigenvalue weighted by Crippen LogP contribution is -2.32. The van der Waals surface area contributed by atoms with Crippen molar-refractivity contribution < 1.29 is 4.79 Å². The molecule has 1 fully saturated rings. The summed E-state index contributed by atoms with van der Waals surface area (Å²) >= 11 is 0. The van der Waals surface area contributed by atoms with Gasteiger partial charge in [-0.1, -0.05) is 12.7 Å². The highest BCUT2D eigenvalue weighted by molar-refractivity contribution is 5.95. The molecule has 11 heavy (non-hydrogen) atoms. The highest BCUT2D eigenvalue weighted by Crippen LogP contribution is 2.16. The van der Waals surface area contributed by atoms with E-state index < -0.39 is 0 Å². The first-order valence-corrected chi connectivity index (χ1v) is 3.42. The van der Waals surface area contributed by atoms with Crippen LogP contribution in [0.4, 0.5) is 0 Å². The highest BCUT2D eigenvalue weighted by atomic mass is 16.2. The molecule has 2 heterocycles. The molecule has 1 N–H and O–H groups in total. The van der Waals surface area contributed by atoms with E-state index in [0.29, 0.717) is 5.70 Å². The Hall–Kier alpha value is -1.51. The minimum absolute atomic E-state index is 0.0139. The summed E-state index contributed by atoms with van der Waals surface area (Å²) in [5.74, 6) is -0.0457. The van der Waals surface area contributed by atoms with Crippen LogP contribution < -0.4 is 5.32 Å². The van der Waals surface area contributed by atoms with Crippen molar-refractivity contribution in [3.8, 4) is 0 Å². The molecule has 0 radical (unpaired) electrons. The molecule has 0 bridgehead atoms. The second kappa shape index (κ2) is 1.99. The lowest BCUT2D eigenvalue weighted by atomic mass is 10.3. The smallest absolute Gasteiger partial charge is 0.275 e. The fraction of sp³-hybridized carbons (Fsp3) is 0.125. The molecule has 2 rings (SSSR count). The molecular weight excluding hydrogens is 140 g/mol. The van der Waals surface area contributed by atoms with E-state index in [0.717, 1.165) is 0 Å². The van der Waals surface area contributed by atoms with Gasteiger partial charge < -0.3 is 5.32 Å². The van der Waals surface area contributed by atoms with Crippen molar-refractivity contribution in [1.29, 1.82) is 0 Å². The van der Waals surface area contributed by atoms with Crippen molar-refractivity contribution in [1.82, 2.24) is 10.2 Å². The van der Waals surface area contributed by atoms with Gasteiger partial charge in [0.1, 0.15) is 6.17 Å². The van der Waals surface area contributed by atoms with E-state index in [9.17, 15) is 4.79 Å². The number of allylic oxidation sites excluding steroid dienone is 2. The third kappa shape index (κ3) is 0.774. The zero-order valence-electron chi connectivity index (χ0n) is 5.95. The van der Waals surface area contributed by atoms with Crippen molar-refractivity contribution in [2.75, 3.05) is 0 Å². The number of hydrogen-bond donors (Lipinski definition) is 1. The summed E-state index contributed by atoms with van der Waals surface area (Å²) in [6, 6.07) is 0. The maximum Gasteiger partial charge on any atom is 0.275 e. The van der Waals surface area contributed by atoms with Crippen LogP contribution in [0.2, 0.25) is 0 Å². The number of rotatable bonds is 0. The van der Waals surface area contributed by atoms with Gasteiger partial charge in [0.2, 0.25) is 0 Å². The molecular formula is C8H8N2O. The van der Waals surface area contributed by atoms with Gasteiger partial charge in [-0.05, 0) is 12.2 Å². The van der Waals surface area contributed by atoms with Gasteiger partial charge in [0.05, 0.1) is 5.70 Å². The Bertz CT molecular complexity index is 278. The Morgan fingerprint density at radius 3 is 3.09 bits per heavy atom. The fourth-order valence-electron chi connectivity index (χ4n) is 1.21. The van der Waals surface area contributed by atoms with Gasteiger partial charge in [0.15, 0.2) is 0 Å². The van der Waals surface area contributed by atoms with Gasteiger partial charge >= 0.3 is 0 Å². The molecule has 3 nitrogen and oxygen atoms in total. The zero-order valence-corrected chi connectivity index (χ0v) is 5.95. The first kappa shape index (κ1) is 6.22.